The van der Waals surface area contributed by atoms with Crippen molar-refractivity contribution in [1.29, 1.82) is 0 Å². The predicted octanol–water partition coefficient (Wildman–Crippen LogP) is 5.58. The zero-order chi connectivity index (χ0) is 25.9. The standard InChI is InChI=1S/C32H35ClN2O2/c1-24(36)31(26-10-6-3-7-11-26)17-20-35(21-18-31)23-28-22-32(28,27-12-14-29(33)15-13-27)30(37)34-19-16-25-8-4-2-5-9-25/h2-15,28H,16-23H2,1H3,(H,34,37)/t28-,32+/m0/s1. The summed E-state index contributed by atoms with van der Waals surface area (Å²) < 4.78 is 0. The van der Waals surface area contributed by atoms with Crippen LogP contribution in [0.1, 0.15) is 42.9 Å². The van der Waals surface area contributed by atoms with Crippen LogP contribution in [0.5, 0.6) is 0 Å². The molecule has 0 spiro atoms. The number of halogens is 1. The Kier molecular flexibility index (Phi) is 7.50. The molecule has 5 rings (SSSR count). The number of likely N-dealkylation sites (tertiary alicyclic amines) is 1. The molecule has 1 aliphatic carbocycles. The van der Waals surface area contributed by atoms with Crippen molar-refractivity contribution in [2.24, 2.45) is 5.92 Å². The van der Waals surface area contributed by atoms with Gasteiger partial charge in [-0.1, -0.05) is 84.4 Å². The zero-order valence-corrected chi connectivity index (χ0v) is 22.2. The second-order valence-electron chi connectivity index (χ2n) is 10.7. The largest absolute Gasteiger partial charge is 0.355 e. The fraction of sp³-hybridized carbons (Fsp3) is 0.375. The third-order valence-corrected chi connectivity index (χ3v) is 8.85. The molecule has 0 radical (unpaired) electrons. The Morgan fingerprint density at radius 2 is 1.51 bits per heavy atom. The van der Waals surface area contributed by atoms with Crippen LogP contribution in [0.3, 0.4) is 0 Å². The normalized spacial score (nSPS) is 22.8. The maximum absolute atomic E-state index is 13.6. The fourth-order valence-electron chi connectivity index (χ4n) is 6.21. The Labute approximate surface area is 225 Å². The van der Waals surface area contributed by atoms with Gasteiger partial charge in [0.2, 0.25) is 5.91 Å². The summed E-state index contributed by atoms with van der Waals surface area (Å²) in [6, 6.07) is 28.2. The highest BCUT2D eigenvalue weighted by molar-refractivity contribution is 6.30. The summed E-state index contributed by atoms with van der Waals surface area (Å²) in [7, 11) is 0. The molecule has 1 saturated carbocycles. The van der Waals surface area contributed by atoms with E-state index in [2.05, 4.69) is 34.5 Å². The Bertz CT molecular complexity index is 1220. The van der Waals surface area contributed by atoms with Gasteiger partial charge in [0.05, 0.1) is 10.8 Å². The predicted molar refractivity (Wildman–Crippen MR) is 149 cm³/mol. The molecule has 1 aliphatic heterocycles. The minimum atomic E-state index is -0.518. The highest BCUT2D eigenvalue weighted by Gasteiger charge is 2.61. The van der Waals surface area contributed by atoms with Gasteiger partial charge in [-0.2, -0.15) is 0 Å². The van der Waals surface area contributed by atoms with E-state index in [1.807, 2.05) is 60.7 Å². The summed E-state index contributed by atoms with van der Waals surface area (Å²) in [5.74, 6) is 0.597. The molecule has 37 heavy (non-hydrogen) atoms. The molecular formula is C32H35ClN2O2. The van der Waals surface area contributed by atoms with Crippen LogP contribution in [-0.4, -0.2) is 42.8 Å². The number of amides is 1. The van der Waals surface area contributed by atoms with E-state index in [1.54, 1.807) is 6.92 Å². The molecular weight excluding hydrogens is 480 g/mol. The number of piperidine rings is 1. The molecule has 192 valence electrons. The molecule has 3 aromatic carbocycles. The topological polar surface area (TPSA) is 49.4 Å². The second kappa shape index (κ2) is 10.8. The summed E-state index contributed by atoms with van der Waals surface area (Å²) in [6.07, 6.45) is 3.28. The molecule has 0 aromatic heterocycles. The minimum absolute atomic E-state index is 0.107. The van der Waals surface area contributed by atoms with E-state index in [1.165, 1.54) is 5.56 Å². The van der Waals surface area contributed by atoms with Gasteiger partial charge in [0, 0.05) is 18.1 Å². The molecule has 4 nitrogen and oxygen atoms in total. The molecule has 2 atom stereocenters. The van der Waals surface area contributed by atoms with E-state index in [4.69, 9.17) is 11.6 Å². The van der Waals surface area contributed by atoms with Crippen LogP contribution in [-0.2, 0) is 26.8 Å². The molecule has 0 unspecified atom stereocenters. The molecule has 1 N–H and O–H groups in total. The van der Waals surface area contributed by atoms with Crippen LogP contribution in [0.15, 0.2) is 84.9 Å². The van der Waals surface area contributed by atoms with Gasteiger partial charge < -0.3 is 10.2 Å². The summed E-state index contributed by atoms with van der Waals surface area (Å²) in [5.41, 5.74) is 2.47. The molecule has 0 bridgehead atoms. The number of nitrogens with zero attached hydrogens (tertiary/aromatic N) is 1. The smallest absolute Gasteiger partial charge is 0.231 e. The van der Waals surface area contributed by atoms with Gasteiger partial charge in [-0.05, 0) is 80.4 Å². The average Bonchev–Trinajstić information content (AvgIpc) is 3.65. The number of nitrogens with one attached hydrogen (secondary N) is 1. The SMILES string of the molecule is CC(=O)C1(c2ccccc2)CCN(C[C@@H]2C[C@@]2(C(=O)NCCc2ccccc2)c2ccc(Cl)cc2)CC1. The molecule has 5 heteroatoms. The third-order valence-electron chi connectivity index (χ3n) is 8.60. The van der Waals surface area contributed by atoms with Gasteiger partial charge in [-0.15, -0.1) is 0 Å². The lowest BCUT2D eigenvalue weighted by molar-refractivity contribution is -0.124. The third kappa shape index (κ3) is 5.23. The first-order valence-corrected chi connectivity index (χ1v) is 13.7. The van der Waals surface area contributed by atoms with E-state index in [-0.39, 0.29) is 17.6 Å². The van der Waals surface area contributed by atoms with Crippen molar-refractivity contribution in [3.05, 3.63) is 107 Å². The van der Waals surface area contributed by atoms with Gasteiger partial charge in [-0.25, -0.2) is 0 Å². The molecule has 2 fully saturated rings. The number of carbonyl (C=O) groups excluding carboxylic acids is 2. The zero-order valence-electron chi connectivity index (χ0n) is 21.5. The van der Waals surface area contributed by atoms with Crippen molar-refractivity contribution in [3.8, 4) is 0 Å². The molecule has 2 aliphatic rings. The van der Waals surface area contributed by atoms with Crippen molar-refractivity contribution >= 4 is 23.3 Å². The summed E-state index contributed by atoms with van der Waals surface area (Å²) in [4.78, 5) is 28.9. The maximum atomic E-state index is 13.6. The van der Waals surface area contributed by atoms with Crippen molar-refractivity contribution in [3.63, 3.8) is 0 Å². The van der Waals surface area contributed by atoms with E-state index in [9.17, 15) is 9.59 Å². The molecule has 1 heterocycles. The number of carbonyl (C=O) groups is 2. The van der Waals surface area contributed by atoms with Crippen molar-refractivity contribution in [2.75, 3.05) is 26.2 Å². The van der Waals surface area contributed by atoms with Crippen LogP contribution in [0.25, 0.3) is 0 Å². The second-order valence-corrected chi connectivity index (χ2v) is 11.1. The van der Waals surface area contributed by atoms with Crippen molar-refractivity contribution in [2.45, 2.75) is 43.4 Å². The molecule has 1 saturated heterocycles. The number of rotatable bonds is 9. The minimum Gasteiger partial charge on any atom is -0.355 e. The lowest BCUT2D eigenvalue weighted by atomic mass is 9.70. The van der Waals surface area contributed by atoms with E-state index in [0.29, 0.717) is 11.6 Å². The van der Waals surface area contributed by atoms with Gasteiger partial charge >= 0.3 is 0 Å². The summed E-state index contributed by atoms with van der Waals surface area (Å²) >= 11 is 6.17. The average molecular weight is 515 g/mol. The Morgan fingerprint density at radius 3 is 2.14 bits per heavy atom. The van der Waals surface area contributed by atoms with E-state index < -0.39 is 10.8 Å². The number of Topliss-reactive ketones (excluding diaryl/α,β-unsaturated/α-hetero) is 1. The highest BCUT2D eigenvalue weighted by Crippen LogP contribution is 2.55. The monoisotopic (exact) mass is 514 g/mol. The van der Waals surface area contributed by atoms with Gasteiger partial charge in [-0.3, -0.25) is 9.59 Å². The highest BCUT2D eigenvalue weighted by atomic mass is 35.5. The number of hydrogen-bond acceptors (Lipinski definition) is 3. The first kappa shape index (κ1) is 25.7. The lowest BCUT2D eigenvalue weighted by Gasteiger charge is -2.41. The van der Waals surface area contributed by atoms with Gasteiger partial charge in [0.25, 0.3) is 0 Å². The van der Waals surface area contributed by atoms with Crippen LogP contribution in [0.2, 0.25) is 5.02 Å². The fourth-order valence-corrected chi connectivity index (χ4v) is 6.34. The maximum Gasteiger partial charge on any atom is 0.231 e. The molecule has 1 amide bonds. The van der Waals surface area contributed by atoms with Crippen molar-refractivity contribution in [1.82, 2.24) is 10.2 Å². The van der Waals surface area contributed by atoms with Crippen LogP contribution in [0.4, 0.5) is 0 Å². The number of ketones is 1. The van der Waals surface area contributed by atoms with Crippen molar-refractivity contribution < 1.29 is 9.59 Å². The Hall–Kier alpha value is -2.95. The van der Waals surface area contributed by atoms with E-state index in [0.717, 1.165) is 56.4 Å². The Balaban J connectivity index is 1.26. The summed E-state index contributed by atoms with van der Waals surface area (Å²) in [5, 5.41) is 3.91. The number of hydrogen-bond donors (Lipinski definition) is 1. The van der Waals surface area contributed by atoms with Crippen LogP contribution in [0, 0.1) is 5.92 Å². The quantitative estimate of drug-likeness (QED) is 0.405. The molecule has 3 aromatic rings. The lowest BCUT2D eigenvalue weighted by Crippen LogP contribution is -2.47. The number of benzene rings is 3. The summed E-state index contributed by atoms with van der Waals surface area (Å²) in [6.45, 7) is 4.92. The first-order valence-electron chi connectivity index (χ1n) is 13.3. The van der Waals surface area contributed by atoms with Crippen LogP contribution >= 0.6 is 11.6 Å². The first-order chi connectivity index (χ1) is 17.9. The Morgan fingerprint density at radius 1 is 0.892 bits per heavy atom. The van der Waals surface area contributed by atoms with Gasteiger partial charge in [0.1, 0.15) is 5.78 Å². The van der Waals surface area contributed by atoms with Crippen LogP contribution < -0.4 is 5.32 Å². The van der Waals surface area contributed by atoms with Gasteiger partial charge in [0.15, 0.2) is 0 Å². The van der Waals surface area contributed by atoms with E-state index >= 15 is 0 Å².